The van der Waals surface area contributed by atoms with E-state index in [-0.39, 0.29) is 42.0 Å². The Balaban J connectivity index is 1.12. The topological polar surface area (TPSA) is 116 Å². The fraction of sp³-hybridized carbons (Fsp3) is 0.241. The summed E-state index contributed by atoms with van der Waals surface area (Å²) >= 11 is 0. The number of carbonyl (C=O) groups excluding carboxylic acids is 4. The third-order valence-electron chi connectivity index (χ3n) is 6.36. The van der Waals surface area contributed by atoms with E-state index in [9.17, 15) is 19.2 Å². The van der Waals surface area contributed by atoms with Crippen molar-refractivity contribution in [3.8, 4) is 0 Å². The SMILES string of the molecule is O=C(NCc1cccc(NC(=O)c2ccc(NC(=O)C3CC3)cc2)c1)c1ccc(NC(=O)C2CC2)cc1. The van der Waals surface area contributed by atoms with Crippen molar-refractivity contribution < 1.29 is 19.2 Å². The van der Waals surface area contributed by atoms with Crippen LogP contribution in [0.2, 0.25) is 0 Å². The van der Waals surface area contributed by atoms with E-state index in [1.165, 1.54) is 0 Å². The molecular weight excluding hydrogens is 468 g/mol. The second kappa shape index (κ2) is 10.7. The number of anilines is 3. The lowest BCUT2D eigenvalue weighted by Gasteiger charge is -2.10. The Hall–Kier alpha value is -4.46. The number of amides is 4. The highest BCUT2D eigenvalue weighted by Gasteiger charge is 2.30. The lowest BCUT2D eigenvalue weighted by atomic mass is 10.1. The molecule has 2 aliphatic carbocycles. The molecule has 188 valence electrons. The molecule has 0 bridgehead atoms. The molecule has 4 N–H and O–H groups in total. The van der Waals surface area contributed by atoms with E-state index in [2.05, 4.69) is 21.3 Å². The smallest absolute Gasteiger partial charge is 0.255 e. The molecular formula is C29H28N4O4. The van der Waals surface area contributed by atoms with E-state index in [0.717, 1.165) is 31.2 Å². The Kier molecular flexibility index (Phi) is 6.98. The molecule has 0 heterocycles. The lowest BCUT2D eigenvalue weighted by molar-refractivity contribution is -0.118. The van der Waals surface area contributed by atoms with Crippen LogP contribution in [0.25, 0.3) is 0 Å². The number of carbonyl (C=O) groups is 4. The van der Waals surface area contributed by atoms with Crippen LogP contribution in [0.5, 0.6) is 0 Å². The van der Waals surface area contributed by atoms with Crippen LogP contribution in [0, 0.1) is 11.8 Å². The zero-order valence-electron chi connectivity index (χ0n) is 20.3. The summed E-state index contributed by atoms with van der Waals surface area (Å²) in [6.45, 7) is 0.290. The van der Waals surface area contributed by atoms with Gasteiger partial charge in [0.1, 0.15) is 0 Å². The van der Waals surface area contributed by atoms with E-state index in [4.69, 9.17) is 0 Å². The summed E-state index contributed by atoms with van der Waals surface area (Å²) in [5.41, 5.74) is 3.75. The van der Waals surface area contributed by atoms with Gasteiger partial charge in [-0.2, -0.15) is 0 Å². The maximum Gasteiger partial charge on any atom is 0.255 e. The summed E-state index contributed by atoms with van der Waals surface area (Å²) in [7, 11) is 0. The van der Waals surface area contributed by atoms with Gasteiger partial charge < -0.3 is 21.3 Å². The molecule has 0 atom stereocenters. The van der Waals surface area contributed by atoms with Gasteiger partial charge in [0, 0.05) is 46.6 Å². The van der Waals surface area contributed by atoms with Crippen molar-refractivity contribution in [2.75, 3.05) is 16.0 Å². The summed E-state index contributed by atoms with van der Waals surface area (Å²) in [5.74, 6) is -0.214. The highest BCUT2D eigenvalue weighted by molar-refractivity contribution is 6.05. The van der Waals surface area contributed by atoms with Gasteiger partial charge in [0.05, 0.1) is 0 Å². The monoisotopic (exact) mass is 496 g/mol. The van der Waals surface area contributed by atoms with E-state index in [1.54, 1.807) is 60.7 Å². The molecule has 37 heavy (non-hydrogen) atoms. The Labute approximate surface area is 214 Å². The van der Waals surface area contributed by atoms with Gasteiger partial charge in [-0.1, -0.05) is 12.1 Å². The second-order valence-electron chi connectivity index (χ2n) is 9.52. The summed E-state index contributed by atoms with van der Waals surface area (Å²) in [6.07, 6.45) is 3.74. The largest absolute Gasteiger partial charge is 0.348 e. The Morgan fingerprint density at radius 1 is 0.595 bits per heavy atom. The first-order chi connectivity index (χ1) is 17.9. The average molecular weight is 497 g/mol. The molecule has 3 aromatic rings. The normalized spacial score (nSPS) is 14.4. The zero-order valence-corrected chi connectivity index (χ0v) is 20.3. The minimum Gasteiger partial charge on any atom is -0.348 e. The van der Waals surface area contributed by atoms with Gasteiger partial charge in [0.25, 0.3) is 11.8 Å². The first kappa shape index (κ1) is 24.2. The minimum atomic E-state index is -0.268. The van der Waals surface area contributed by atoms with Crippen molar-refractivity contribution in [3.63, 3.8) is 0 Å². The molecule has 0 unspecified atom stereocenters. The summed E-state index contributed by atoms with van der Waals surface area (Å²) in [5, 5.41) is 11.5. The molecule has 3 aromatic carbocycles. The van der Waals surface area contributed by atoms with E-state index < -0.39 is 0 Å². The summed E-state index contributed by atoms with van der Waals surface area (Å²) in [6, 6.07) is 20.8. The molecule has 2 saturated carbocycles. The molecule has 5 rings (SSSR count). The molecule has 0 radical (unpaired) electrons. The van der Waals surface area contributed by atoms with Crippen LogP contribution in [0.4, 0.5) is 17.1 Å². The molecule has 8 heteroatoms. The molecule has 0 aromatic heterocycles. The zero-order chi connectivity index (χ0) is 25.8. The Bertz CT molecular complexity index is 1330. The molecule has 0 saturated heterocycles. The van der Waals surface area contributed by atoms with E-state index >= 15 is 0 Å². The highest BCUT2D eigenvalue weighted by atomic mass is 16.2. The molecule has 2 aliphatic rings. The Morgan fingerprint density at radius 2 is 1.11 bits per heavy atom. The number of rotatable bonds is 9. The molecule has 2 fully saturated rings. The Morgan fingerprint density at radius 3 is 1.62 bits per heavy atom. The predicted octanol–water partition coefficient (Wildman–Crippen LogP) is 4.57. The van der Waals surface area contributed by atoms with Crippen molar-refractivity contribution in [2.24, 2.45) is 11.8 Å². The first-order valence-corrected chi connectivity index (χ1v) is 12.4. The number of nitrogens with one attached hydrogen (secondary N) is 4. The molecule has 0 aliphatic heterocycles. The van der Waals surface area contributed by atoms with Crippen LogP contribution < -0.4 is 21.3 Å². The van der Waals surface area contributed by atoms with Crippen LogP contribution in [0.15, 0.2) is 72.8 Å². The number of hydrogen-bond donors (Lipinski definition) is 4. The van der Waals surface area contributed by atoms with Gasteiger partial charge in [-0.25, -0.2) is 0 Å². The molecule has 8 nitrogen and oxygen atoms in total. The molecule has 0 spiro atoms. The minimum absolute atomic E-state index is 0.0236. The van der Waals surface area contributed by atoms with E-state index in [1.807, 2.05) is 12.1 Å². The first-order valence-electron chi connectivity index (χ1n) is 12.4. The third kappa shape index (κ3) is 6.61. The predicted molar refractivity (Wildman–Crippen MR) is 141 cm³/mol. The third-order valence-corrected chi connectivity index (χ3v) is 6.36. The van der Waals surface area contributed by atoms with Gasteiger partial charge in [0.15, 0.2) is 0 Å². The summed E-state index contributed by atoms with van der Waals surface area (Å²) < 4.78 is 0. The van der Waals surface area contributed by atoms with Gasteiger partial charge in [-0.3, -0.25) is 19.2 Å². The van der Waals surface area contributed by atoms with Crippen LogP contribution in [-0.2, 0) is 16.1 Å². The average Bonchev–Trinajstić information content (AvgIpc) is 3.81. The van der Waals surface area contributed by atoms with Crippen LogP contribution in [0.3, 0.4) is 0 Å². The van der Waals surface area contributed by atoms with Crippen molar-refractivity contribution in [3.05, 3.63) is 89.5 Å². The number of hydrogen-bond acceptors (Lipinski definition) is 4. The molecule has 4 amide bonds. The van der Waals surface area contributed by atoms with Crippen molar-refractivity contribution >= 4 is 40.7 Å². The van der Waals surface area contributed by atoms with Crippen LogP contribution in [-0.4, -0.2) is 23.6 Å². The maximum absolute atomic E-state index is 12.7. The van der Waals surface area contributed by atoms with Crippen LogP contribution in [0.1, 0.15) is 52.0 Å². The second-order valence-corrected chi connectivity index (χ2v) is 9.52. The fourth-order valence-corrected chi connectivity index (χ4v) is 3.84. The van der Waals surface area contributed by atoms with Gasteiger partial charge >= 0.3 is 0 Å². The standard InChI is InChI=1S/C29H28N4O4/c34-26(19-8-12-23(13-9-19)31-27(35)20-4-5-20)30-17-18-2-1-3-25(16-18)33-29(37)22-10-14-24(15-11-22)32-28(36)21-6-7-21/h1-3,8-16,20-21H,4-7,17H2,(H,30,34)(H,31,35)(H,32,36)(H,33,37). The number of benzene rings is 3. The summed E-state index contributed by atoms with van der Waals surface area (Å²) in [4.78, 5) is 49.0. The van der Waals surface area contributed by atoms with Crippen molar-refractivity contribution in [2.45, 2.75) is 32.2 Å². The quantitative estimate of drug-likeness (QED) is 0.347. The van der Waals surface area contributed by atoms with Crippen LogP contribution >= 0.6 is 0 Å². The van der Waals surface area contributed by atoms with Gasteiger partial charge in [-0.05, 0) is 91.9 Å². The maximum atomic E-state index is 12.7. The fourth-order valence-electron chi connectivity index (χ4n) is 3.84. The lowest BCUT2D eigenvalue weighted by Crippen LogP contribution is -2.23. The van der Waals surface area contributed by atoms with Gasteiger partial charge in [0.2, 0.25) is 11.8 Å². The van der Waals surface area contributed by atoms with Gasteiger partial charge in [-0.15, -0.1) is 0 Å². The van der Waals surface area contributed by atoms with E-state index in [0.29, 0.717) is 28.2 Å². The van der Waals surface area contributed by atoms with Crippen molar-refractivity contribution in [1.82, 2.24) is 5.32 Å². The van der Waals surface area contributed by atoms with Crippen molar-refractivity contribution in [1.29, 1.82) is 0 Å². The highest BCUT2D eigenvalue weighted by Crippen LogP contribution is 2.31.